The molecule has 0 bridgehead atoms. The van der Waals surface area contributed by atoms with Crippen LogP contribution in [-0.2, 0) is 40.0 Å². The van der Waals surface area contributed by atoms with Crippen molar-refractivity contribution < 1.29 is 38.3 Å². The van der Waals surface area contributed by atoms with Gasteiger partial charge in [0.25, 0.3) is 11.8 Å². The molecule has 0 atom stereocenters. The predicted molar refractivity (Wildman–Crippen MR) is 142 cm³/mol. The highest BCUT2D eigenvalue weighted by molar-refractivity contribution is 6.01. The number of hydrogen-bond acceptors (Lipinski definition) is 8. The molecule has 2 aromatic rings. The molecule has 40 heavy (non-hydrogen) atoms. The van der Waals surface area contributed by atoms with Gasteiger partial charge in [0.2, 0.25) is 5.91 Å². The van der Waals surface area contributed by atoms with Crippen molar-refractivity contribution in [3.8, 4) is 11.8 Å². The number of benzene rings is 2. The van der Waals surface area contributed by atoms with Gasteiger partial charge < -0.3 is 14.4 Å². The Labute approximate surface area is 232 Å². The van der Waals surface area contributed by atoms with E-state index in [0.29, 0.717) is 30.9 Å². The maximum Gasteiger partial charge on any atom is 0.533 e. The minimum atomic E-state index is -1.09. The van der Waals surface area contributed by atoms with Crippen molar-refractivity contribution in [1.29, 1.82) is 0 Å². The van der Waals surface area contributed by atoms with Crippen LogP contribution in [0.15, 0.2) is 48.5 Å². The number of esters is 1. The lowest BCUT2D eigenvalue weighted by Crippen LogP contribution is -2.32. The third kappa shape index (κ3) is 7.69. The SMILES string of the molecule is O=C(CCC(=O)N1Cc2ccccc2C#Cc2ccccc21)OCCCCCCOC(=O)ON1C(=O)CCC1=O. The van der Waals surface area contributed by atoms with Gasteiger partial charge >= 0.3 is 12.1 Å². The zero-order valence-electron chi connectivity index (χ0n) is 22.1. The lowest BCUT2D eigenvalue weighted by Gasteiger charge is -2.26. The molecule has 4 rings (SSSR count). The first kappa shape index (κ1) is 28.4. The van der Waals surface area contributed by atoms with Gasteiger partial charge in [-0.05, 0) is 49.4 Å². The van der Waals surface area contributed by atoms with Gasteiger partial charge in [0.15, 0.2) is 0 Å². The number of para-hydroxylation sites is 1. The molecule has 0 spiro atoms. The van der Waals surface area contributed by atoms with E-state index in [1.54, 1.807) is 4.90 Å². The number of imide groups is 1. The van der Waals surface area contributed by atoms with Crippen molar-refractivity contribution in [3.05, 3.63) is 65.2 Å². The number of nitrogens with zero attached hydrogens (tertiary/aromatic N) is 2. The standard InChI is InChI=1S/C30H30N2O8/c33-26(31-21-24-11-4-3-9-22(24)13-14-23-10-5-6-12-25(23)31)17-18-29(36)38-19-7-1-2-8-20-39-30(37)40-32-27(34)15-16-28(32)35/h3-6,9-12H,1-2,7-8,15-21H2. The summed E-state index contributed by atoms with van der Waals surface area (Å²) in [6.45, 7) is 0.670. The van der Waals surface area contributed by atoms with E-state index >= 15 is 0 Å². The van der Waals surface area contributed by atoms with Gasteiger partial charge in [-0.25, -0.2) is 4.79 Å². The summed E-state index contributed by atoms with van der Waals surface area (Å²) in [5.41, 5.74) is 3.29. The van der Waals surface area contributed by atoms with Crippen molar-refractivity contribution in [1.82, 2.24) is 5.06 Å². The number of ether oxygens (including phenoxy) is 2. The van der Waals surface area contributed by atoms with Gasteiger partial charge in [-0.2, -0.15) is 0 Å². The molecule has 2 aliphatic heterocycles. The number of hydroxylamine groups is 2. The molecule has 208 valence electrons. The molecule has 0 N–H and O–H groups in total. The molecule has 3 amide bonds. The van der Waals surface area contributed by atoms with Crippen LogP contribution < -0.4 is 4.90 Å². The minimum absolute atomic E-state index is 0.0185. The van der Waals surface area contributed by atoms with E-state index in [2.05, 4.69) is 16.7 Å². The van der Waals surface area contributed by atoms with Crippen molar-refractivity contribution in [2.75, 3.05) is 18.1 Å². The Hall–Kier alpha value is -4.65. The van der Waals surface area contributed by atoms with Gasteiger partial charge in [-0.3, -0.25) is 24.0 Å². The fourth-order valence-corrected chi connectivity index (χ4v) is 4.28. The summed E-state index contributed by atoms with van der Waals surface area (Å²) >= 11 is 0. The Kier molecular flexibility index (Phi) is 9.88. The number of fused-ring (bicyclic) bond motifs is 2. The Morgan fingerprint density at radius 2 is 1.38 bits per heavy atom. The maximum absolute atomic E-state index is 13.2. The molecule has 1 saturated heterocycles. The van der Waals surface area contributed by atoms with Crippen LogP contribution >= 0.6 is 0 Å². The highest BCUT2D eigenvalue weighted by Crippen LogP contribution is 2.26. The van der Waals surface area contributed by atoms with E-state index in [4.69, 9.17) is 9.47 Å². The largest absolute Gasteiger partial charge is 0.533 e. The second kappa shape index (κ2) is 13.9. The monoisotopic (exact) mass is 546 g/mol. The van der Waals surface area contributed by atoms with Crippen LogP contribution in [0, 0.1) is 11.8 Å². The van der Waals surface area contributed by atoms with Crippen LogP contribution in [0.2, 0.25) is 0 Å². The second-order valence-corrected chi connectivity index (χ2v) is 9.31. The molecule has 0 aliphatic carbocycles. The minimum Gasteiger partial charge on any atom is -0.466 e. The number of hydrogen-bond donors (Lipinski definition) is 0. The average molecular weight is 547 g/mol. The summed E-state index contributed by atoms with van der Waals surface area (Å²) in [7, 11) is 0. The molecule has 0 saturated carbocycles. The maximum atomic E-state index is 13.2. The molecular weight excluding hydrogens is 516 g/mol. The lowest BCUT2D eigenvalue weighted by molar-refractivity contribution is -0.177. The summed E-state index contributed by atoms with van der Waals surface area (Å²) in [6.07, 6.45) is 1.55. The van der Waals surface area contributed by atoms with E-state index in [-0.39, 0.29) is 44.8 Å². The number of carbonyl (C=O) groups excluding carboxylic acids is 5. The highest BCUT2D eigenvalue weighted by Gasteiger charge is 2.33. The molecule has 2 heterocycles. The fraction of sp³-hybridized carbons (Fsp3) is 0.367. The summed E-state index contributed by atoms with van der Waals surface area (Å²) < 4.78 is 10.2. The molecular formula is C30H30N2O8. The highest BCUT2D eigenvalue weighted by atomic mass is 16.8. The van der Waals surface area contributed by atoms with Gasteiger partial charge in [0.05, 0.1) is 31.9 Å². The lowest BCUT2D eigenvalue weighted by atomic mass is 10.0. The zero-order valence-corrected chi connectivity index (χ0v) is 22.1. The molecule has 1 fully saturated rings. The number of unbranched alkanes of at least 4 members (excludes halogenated alkanes) is 3. The molecule has 0 aromatic heterocycles. The van der Waals surface area contributed by atoms with Crippen LogP contribution in [0.3, 0.4) is 0 Å². The Morgan fingerprint density at radius 3 is 2.12 bits per heavy atom. The molecule has 10 heteroatoms. The van der Waals surface area contributed by atoms with Crippen molar-refractivity contribution in [2.45, 2.75) is 57.9 Å². The normalized spacial score (nSPS) is 13.8. The van der Waals surface area contributed by atoms with Crippen LogP contribution in [-0.4, -0.2) is 48.1 Å². The van der Waals surface area contributed by atoms with Crippen molar-refractivity contribution in [3.63, 3.8) is 0 Å². The van der Waals surface area contributed by atoms with E-state index in [0.717, 1.165) is 28.8 Å². The van der Waals surface area contributed by atoms with Gasteiger partial charge in [-0.15, -0.1) is 0 Å². The second-order valence-electron chi connectivity index (χ2n) is 9.31. The van der Waals surface area contributed by atoms with Crippen molar-refractivity contribution in [2.24, 2.45) is 0 Å². The van der Waals surface area contributed by atoms with Gasteiger partial charge in [0, 0.05) is 30.4 Å². The smallest absolute Gasteiger partial charge is 0.466 e. The third-order valence-corrected chi connectivity index (χ3v) is 6.41. The first-order valence-electron chi connectivity index (χ1n) is 13.3. The molecule has 2 aromatic carbocycles. The van der Waals surface area contributed by atoms with Crippen molar-refractivity contribution >= 4 is 35.5 Å². The topological polar surface area (TPSA) is 120 Å². The zero-order chi connectivity index (χ0) is 28.3. The summed E-state index contributed by atoms with van der Waals surface area (Å²) in [4.78, 5) is 66.1. The summed E-state index contributed by atoms with van der Waals surface area (Å²) in [5, 5.41) is 0.437. The number of carbonyl (C=O) groups is 5. The summed E-state index contributed by atoms with van der Waals surface area (Å²) in [6, 6.07) is 15.2. The number of rotatable bonds is 11. The quantitative estimate of drug-likeness (QED) is 0.179. The Balaban J connectivity index is 1.12. The average Bonchev–Trinajstić information content (AvgIpc) is 3.26. The molecule has 0 radical (unpaired) electrons. The fourth-order valence-electron chi connectivity index (χ4n) is 4.28. The molecule has 0 unspecified atom stereocenters. The van der Waals surface area contributed by atoms with Gasteiger partial charge in [0.1, 0.15) is 0 Å². The van der Waals surface area contributed by atoms with E-state index < -0.39 is 23.9 Å². The van der Waals surface area contributed by atoms with E-state index in [1.807, 2.05) is 48.5 Å². The first-order chi connectivity index (χ1) is 19.4. The van der Waals surface area contributed by atoms with Crippen LogP contribution in [0.4, 0.5) is 10.5 Å². The van der Waals surface area contributed by atoms with E-state index in [9.17, 15) is 24.0 Å². The predicted octanol–water partition coefficient (Wildman–Crippen LogP) is 4.03. The first-order valence-corrected chi connectivity index (χ1v) is 13.3. The van der Waals surface area contributed by atoms with Crippen LogP contribution in [0.1, 0.15) is 68.1 Å². The van der Waals surface area contributed by atoms with E-state index in [1.165, 1.54) is 0 Å². The number of anilines is 1. The molecule has 10 nitrogen and oxygen atoms in total. The Morgan fingerprint density at radius 1 is 0.750 bits per heavy atom. The number of amides is 3. The Bertz CT molecular complexity index is 1330. The van der Waals surface area contributed by atoms with Crippen LogP contribution in [0.5, 0.6) is 0 Å². The third-order valence-electron chi connectivity index (χ3n) is 6.41. The molecule has 2 aliphatic rings. The van der Waals surface area contributed by atoms with Gasteiger partial charge in [-0.1, -0.05) is 47.2 Å². The summed E-state index contributed by atoms with van der Waals surface area (Å²) in [5.74, 6) is 4.59. The van der Waals surface area contributed by atoms with Crippen LogP contribution in [0.25, 0.3) is 0 Å².